The standard InChI is InChI=1S/C28H34ClF6N3O/c1-7-11-12-22(24(29)17(5)8-2)23(26(36)39)16-38(10-4)37-25(18(6)9-3)19-13-20(27(30,31)32)15-21(14-19)28(33,34)35/h7,10-16,18,25,37H,4,8-9H2,1-3,5-6H3,(H2,36,39)/b11-7-,22-12-,23-16+,24-17-. The van der Waals surface area contributed by atoms with E-state index in [1.54, 1.807) is 45.9 Å². The van der Waals surface area contributed by atoms with Crippen LogP contribution in [0.5, 0.6) is 0 Å². The number of alkyl halides is 6. The van der Waals surface area contributed by atoms with Crippen molar-refractivity contribution in [1.82, 2.24) is 10.4 Å². The second kappa shape index (κ2) is 14.4. The van der Waals surface area contributed by atoms with Gasteiger partial charge in [-0.1, -0.05) is 69.2 Å². The van der Waals surface area contributed by atoms with Crippen LogP contribution < -0.4 is 11.2 Å². The monoisotopic (exact) mass is 577 g/mol. The molecule has 216 valence electrons. The minimum Gasteiger partial charge on any atom is -0.366 e. The quantitative estimate of drug-likeness (QED) is 0.113. The Bertz CT molecular complexity index is 1120. The van der Waals surface area contributed by atoms with Gasteiger partial charge in [0.25, 0.3) is 5.91 Å². The van der Waals surface area contributed by atoms with Crippen LogP contribution in [0.3, 0.4) is 0 Å². The Labute approximate surface area is 230 Å². The molecule has 0 spiro atoms. The largest absolute Gasteiger partial charge is 0.416 e. The Morgan fingerprint density at radius 2 is 1.64 bits per heavy atom. The average Bonchev–Trinajstić information content (AvgIpc) is 2.87. The number of nitrogens with two attached hydrogens (primary N) is 1. The van der Waals surface area contributed by atoms with Gasteiger partial charge >= 0.3 is 12.4 Å². The molecule has 39 heavy (non-hydrogen) atoms. The van der Waals surface area contributed by atoms with Crippen molar-refractivity contribution in [3.8, 4) is 0 Å². The number of allylic oxidation sites excluding steroid dienone is 5. The van der Waals surface area contributed by atoms with Gasteiger partial charge in [0.2, 0.25) is 0 Å². The van der Waals surface area contributed by atoms with E-state index in [1.165, 1.54) is 17.4 Å². The lowest BCUT2D eigenvalue weighted by Gasteiger charge is -2.31. The van der Waals surface area contributed by atoms with E-state index in [0.29, 0.717) is 25.0 Å². The second-order valence-electron chi connectivity index (χ2n) is 8.88. The summed E-state index contributed by atoms with van der Waals surface area (Å²) in [5.41, 5.74) is 6.46. The van der Waals surface area contributed by atoms with Crippen molar-refractivity contribution in [2.75, 3.05) is 0 Å². The van der Waals surface area contributed by atoms with E-state index in [-0.39, 0.29) is 27.8 Å². The number of hydrazine groups is 1. The molecule has 3 N–H and O–H groups in total. The molecule has 4 nitrogen and oxygen atoms in total. The molecular formula is C28H34ClF6N3O. The third-order valence-corrected chi connectivity index (χ3v) is 6.61. The fraction of sp³-hybridized carbons (Fsp3) is 0.393. The fourth-order valence-electron chi connectivity index (χ4n) is 3.49. The number of carbonyl (C=O) groups is 1. The van der Waals surface area contributed by atoms with Crippen molar-refractivity contribution in [2.24, 2.45) is 11.7 Å². The first-order chi connectivity index (χ1) is 18.0. The number of benzene rings is 1. The Hall–Kier alpha value is -2.98. The number of halogens is 7. The van der Waals surface area contributed by atoms with Crippen LogP contribution in [-0.2, 0) is 17.1 Å². The first-order valence-electron chi connectivity index (χ1n) is 12.2. The Balaban J connectivity index is 3.80. The van der Waals surface area contributed by atoms with Crippen LogP contribution in [0.15, 0.2) is 77.2 Å². The molecule has 1 aromatic rings. The predicted octanol–water partition coefficient (Wildman–Crippen LogP) is 8.56. The summed E-state index contributed by atoms with van der Waals surface area (Å²) in [5, 5.41) is 1.45. The van der Waals surface area contributed by atoms with Gasteiger partial charge < -0.3 is 5.73 Å². The minimum absolute atomic E-state index is 0.0544. The molecule has 1 rings (SSSR count). The van der Waals surface area contributed by atoms with Crippen LogP contribution in [0, 0.1) is 5.92 Å². The molecule has 11 heteroatoms. The van der Waals surface area contributed by atoms with Crippen LogP contribution >= 0.6 is 11.6 Å². The molecule has 1 aromatic carbocycles. The molecule has 0 radical (unpaired) electrons. The fourth-order valence-corrected chi connectivity index (χ4v) is 3.79. The molecule has 0 bridgehead atoms. The zero-order chi connectivity index (χ0) is 30.1. The van der Waals surface area contributed by atoms with Gasteiger partial charge in [0.05, 0.1) is 22.7 Å². The Kier molecular flexibility index (Phi) is 12.6. The van der Waals surface area contributed by atoms with Gasteiger partial charge in [-0.3, -0.25) is 9.80 Å². The zero-order valence-corrected chi connectivity index (χ0v) is 23.2. The van der Waals surface area contributed by atoms with E-state index in [1.807, 2.05) is 6.92 Å². The first-order valence-corrected chi connectivity index (χ1v) is 12.6. The SMILES string of the molecule is C=CN(\C=C(C(N)=O)/C(=C/C=C\C)C(/Cl)=C(\C)CC)NC(c1cc(C(F)(F)F)cc(C(F)(F)F)c1)C(C)CC. The second-order valence-corrected chi connectivity index (χ2v) is 9.26. The number of primary amides is 1. The summed E-state index contributed by atoms with van der Waals surface area (Å²) in [5.74, 6) is -1.30. The van der Waals surface area contributed by atoms with E-state index in [0.717, 1.165) is 5.57 Å². The number of hydrogen-bond acceptors (Lipinski definition) is 3. The van der Waals surface area contributed by atoms with E-state index < -0.39 is 41.3 Å². The van der Waals surface area contributed by atoms with Crippen LogP contribution in [0.1, 0.15) is 70.2 Å². The van der Waals surface area contributed by atoms with Gasteiger partial charge in [-0.2, -0.15) is 26.3 Å². The van der Waals surface area contributed by atoms with Gasteiger partial charge in [-0.25, -0.2) is 5.43 Å². The number of hydrogen-bond donors (Lipinski definition) is 2. The Morgan fingerprint density at radius 1 is 1.10 bits per heavy atom. The maximum absolute atomic E-state index is 13.5. The average molecular weight is 578 g/mol. The van der Waals surface area contributed by atoms with E-state index in [4.69, 9.17) is 17.3 Å². The Morgan fingerprint density at radius 3 is 2.03 bits per heavy atom. The normalized spacial score (nSPS) is 15.7. The highest BCUT2D eigenvalue weighted by molar-refractivity contribution is 6.33. The predicted molar refractivity (Wildman–Crippen MR) is 143 cm³/mol. The van der Waals surface area contributed by atoms with Crippen LogP contribution in [0.25, 0.3) is 0 Å². The summed E-state index contributed by atoms with van der Waals surface area (Å²) in [6.45, 7) is 12.5. The van der Waals surface area contributed by atoms with E-state index >= 15 is 0 Å². The van der Waals surface area contributed by atoms with Crippen molar-refractivity contribution in [3.63, 3.8) is 0 Å². The molecule has 0 fully saturated rings. The number of nitrogens with zero attached hydrogens (tertiary/aromatic N) is 1. The third kappa shape index (κ3) is 9.61. The van der Waals surface area contributed by atoms with Crippen LogP contribution in [0.4, 0.5) is 26.3 Å². The molecule has 0 aromatic heterocycles. The van der Waals surface area contributed by atoms with Crippen LogP contribution in [-0.4, -0.2) is 10.9 Å². The molecule has 2 unspecified atom stereocenters. The number of carbonyl (C=O) groups excluding carboxylic acids is 1. The molecule has 0 aliphatic heterocycles. The third-order valence-electron chi connectivity index (χ3n) is 6.09. The molecular weight excluding hydrogens is 544 g/mol. The van der Waals surface area contributed by atoms with Crippen molar-refractivity contribution < 1.29 is 31.1 Å². The van der Waals surface area contributed by atoms with Crippen molar-refractivity contribution in [2.45, 2.75) is 65.9 Å². The van der Waals surface area contributed by atoms with E-state index in [9.17, 15) is 31.1 Å². The number of rotatable bonds is 12. The van der Waals surface area contributed by atoms with Gasteiger partial charge in [-0.05, 0) is 49.9 Å². The molecule has 0 aliphatic rings. The summed E-state index contributed by atoms with van der Waals surface area (Å²) < 4.78 is 81.2. The molecule has 2 atom stereocenters. The van der Waals surface area contributed by atoms with Gasteiger partial charge in [-0.15, -0.1) is 0 Å². The topological polar surface area (TPSA) is 58.4 Å². The number of nitrogens with one attached hydrogen (secondary N) is 1. The van der Waals surface area contributed by atoms with Gasteiger partial charge in [0, 0.05) is 23.0 Å². The summed E-state index contributed by atoms with van der Waals surface area (Å²) in [6.07, 6.45) is -1.62. The number of amides is 1. The highest BCUT2D eigenvalue weighted by Crippen LogP contribution is 2.39. The zero-order valence-electron chi connectivity index (χ0n) is 22.5. The molecule has 0 saturated carbocycles. The lowest BCUT2D eigenvalue weighted by atomic mass is 9.90. The van der Waals surface area contributed by atoms with Crippen molar-refractivity contribution in [1.29, 1.82) is 0 Å². The molecule has 0 saturated heterocycles. The van der Waals surface area contributed by atoms with E-state index in [2.05, 4.69) is 12.0 Å². The summed E-state index contributed by atoms with van der Waals surface area (Å²) in [6, 6.07) is 0.408. The smallest absolute Gasteiger partial charge is 0.366 e. The lowest BCUT2D eigenvalue weighted by Crippen LogP contribution is -2.37. The highest BCUT2D eigenvalue weighted by Gasteiger charge is 2.38. The van der Waals surface area contributed by atoms with Crippen LogP contribution in [0.2, 0.25) is 0 Å². The van der Waals surface area contributed by atoms with Gasteiger partial charge in [0.15, 0.2) is 0 Å². The highest BCUT2D eigenvalue weighted by atomic mass is 35.5. The summed E-state index contributed by atoms with van der Waals surface area (Å²) in [7, 11) is 0. The van der Waals surface area contributed by atoms with Crippen molar-refractivity contribution in [3.05, 3.63) is 93.8 Å². The maximum atomic E-state index is 13.5. The summed E-state index contributed by atoms with van der Waals surface area (Å²) in [4.78, 5) is 12.5. The molecule has 1 amide bonds. The lowest BCUT2D eigenvalue weighted by molar-refractivity contribution is -0.143. The first kappa shape index (κ1) is 34.0. The van der Waals surface area contributed by atoms with Gasteiger partial charge in [0.1, 0.15) is 0 Å². The minimum atomic E-state index is -5.00. The summed E-state index contributed by atoms with van der Waals surface area (Å²) >= 11 is 6.54. The molecule has 0 heterocycles. The maximum Gasteiger partial charge on any atom is 0.416 e. The van der Waals surface area contributed by atoms with Crippen molar-refractivity contribution >= 4 is 17.5 Å². The molecule has 0 aliphatic carbocycles.